The van der Waals surface area contributed by atoms with Crippen molar-refractivity contribution in [1.82, 2.24) is 0 Å². The van der Waals surface area contributed by atoms with Crippen LogP contribution in [0.2, 0.25) is 0 Å². The number of hydrogen-bond donors (Lipinski definition) is 0. The van der Waals surface area contributed by atoms with Crippen molar-refractivity contribution in [2.45, 2.75) is 233 Å². The molecule has 322 valence electrons. The van der Waals surface area contributed by atoms with Gasteiger partial charge >= 0.3 is 0 Å². The number of rotatable bonds is 35. The fourth-order valence-electron chi connectivity index (χ4n) is 8.69. The second-order valence-electron chi connectivity index (χ2n) is 17.2. The van der Waals surface area contributed by atoms with Gasteiger partial charge in [-0.2, -0.15) is 0 Å². The summed E-state index contributed by atoms with van der Waals surface area (Å²) in [7, 11) is 0. The van der Waals surface area contributed by atoms with E-state index in [1.165, 1.54) is 176 Å². The van der Waals surface area contributed by atoms with E-state index in [9.17, 15) is 5.53 Å². The van der Waals surface area contributed by atoms with Gasteiger partial charge in [-0.1, -0.05) is 211 Å². The molecule has 0 saturated carbocycles. The second kappa shape index (κ2) is 33.6. The molecule has 3 rings (SSSR count). The molecule has 0 bridgehead atoms. The van der Waals surface area contributed by atoms with Crippen molar-refractivity contribution in [2.75, 3.05) is 0 Å². The molecule has 1 aliphatic rings. The van der Waals surface area contributed by atoms with Gasteiger partial charge in [0.15, 0.2) is 0 Å². The van der Waals surface area contributed by atoms with Crippen molar-refractivity contribution in [3.63, 3.8) is 0 Å². The number of aryl methyl sites for hydroxylation is 2. The van der Waals surface area contributed by atoms with E-state index in [0.29, 0.717) is 0 Å². The van der Waals surface area contributed by atoms with Crippen LogP contribution in [0.5, 0.6) is 0 Å². The molecule has 1 aliphatic heterocycles. The normalized spacial score (nSPS) is 13.1. The van der Waals surface area contributed by atoms with Crippen molar-refractivity contribution in [3.05, 3.63) is 99.6 Å². The van der Waals surface area contributed by atoms with E-state index in [2.05, 4.69) is 88.4 Å². The summed E-state index contributed by atoms with van der Waals surface area (Å²) in [6.07, 6.45) is 46.8. The molecule has 0 aliphatic carbocycles. The summed E-state index contributed by atoms with van der Waals surface area (Å²) in [6, 6.07) is 17.8. The molecular weight excluding hydrogens is 735 g/mol. The van der Waals surface area contributed by atoms with Gasteiger partial charge in [-0.05, 0) is 93.5 Å². The van der Waals surface area contributed by atoms with E-state index in [4.69, 9.17) is 0 Å². The summed E-state index contributed by atoms with van der Waals surface area (Å²) in [4.78, 5) is 0. The molecule has 3 heteroatoms. The molecule has 0 amide bonds. The van der Waals surface area contributed by atoms with Crippen LogP contribution in [-0.4, -0.2) is 4.70 Å². The third-order valence-electron chi connectivity index (χ3n) is 12.2. The van der Waals surface area contributed by atoms with Gasteiger partial charge in [0.25, 0.3) is 0 Å². The molecule has 2 aromatic carbocycles. The van der Waals surface area contributed by atoms with Crippen molar-refractivity contribution in [2.24, 2.45) is 0 Å². The standard InChI is InChI=1S/C54H86N2.Ni/c1-5-9-13-14-15-16-17-18-19-20-21-22-23-24-25-26-27-28-29-30-31-32-33-34-40-48-41-35-36-45-50(48)54-52(44-12-8-4)51(43-11-7-3)53(56(54)55)49-42-37-39-47(46-49)38-10-6-2;/h32-33,35-37,39,41-42,45-46H,5-31,34,38,40,43-44H2,1-4H3;. The Bertz CT molecular complexity index is 1430. The number of hydrogen-bond acceptors (Lipinski definition) is 0. The number of unbranched alkanes of at least 4 members (excludes halogenated alkanes) is 23. The first-order valence-corrected chi connectivity index (χ1v) is 24.4. The molecule has 0 spiro atoms. The van der Waals surface area contributed by atoms with Gasteiger partial charge in [-0.25, -0.2) is 4.70 Å². The van der Waals surface area contributed by atoms with E-state index in [1.54, 1.807) is 4.70 Å². The van der Waals surface area contributed by atoms with E-state index >= 15 is 0 Å². The van der Waals surface area contributed by atoms with Crippen LogP contribution >= 0.6 is 0 Å². The third kappa shape index (κ3) is 20.0. The first kappa shape index (κ1) is 50.9. The molecule has 57 heavy (non-hydrogen) atoms. The van der Waals surface area contributed by atoms with E-state index < -0.39 is 0 Å². The molecule has 1 heterocycles. The predicted molar refractivity (Wildman–Crippen MR) is 248 cm³/mol. The molecule has 0 unspecified atom stereocenters. The van der Waals surface area contributed by atoms with Crippen molar-refractivity contribution < 1.29 is 21.2 Å². The quantitative estimate of drug-likeness (QED) is 0.0286. The van der Waals surface area contributed by atoms with Gasteiger partial charge in [-0.15, -0.1) is 0 Å². The minimum absolute atomic E-state index is 0. The van der Waals surface area contributed by atoms with Crippen LogP contribution in [0.15, 0.2) is 71.8 Å². The molecule has 0 aromatic heterocycles. The molecule has 2 nitrogen and oxygen atoms in total. The maximum Gasteiger partial charge on any atom is 0.211 e. The van der Waals surface area contributed by atoms with Gasteiger partial charge < -0.3 is 5.53 Å². The Kier molecular flexibility index (Phi) is 30.0. The maximum atomic E-state index is 12.2. The number of allylic oxidation sites excluding steroid dienone is 4. The van der Waals surface area contributed by atoms with Crippen LogP contribution in [-0.2, 0) is 29.3 Å². The van der Waals surface area contributed by atoms with Crippen LogP contribution in [0.4, 0.5) is 0 Å². The zero-order valence-electron chi connectivity index (χ0n) is 37.6. The third-order valence-corrected chi connectivity index (χ3v) is 12.2. The topological polar surface area (TPSA) is 25.3 Å². The Labute approximate surface area is 363 Å². The zero-order chi connectivity index (χ0) is 39.9. The first-order valence-electron chi connectivity index (χ1n) is 24.4. The van der Waals surface area contributed by atoms with Gasteiger partial charge in [0.2, 0.25) is 11.4 Å². The van der Waals surface area contributed by atoms with Crippen LogP contribution in [0.1, 0.15) is 243 Å². The summed E-state index contributed by atoms with van der Waals surface area (Å²) in [5.74, 6) is 0. The van der Waals surface area contributed by atoms with Crippen LogP contribution in [0.3, 0.4) is 0 Å². The Hall–Kier alpha value is -2.25. The number of nitrogens with zero attached hydrogens (tertiary/aromatic N) is 2. The van der Waals surface area contributed by atoms with Crippen LogP contribution in [0, 0.1) is 0 Å². The van der Waals surface area contributed by atoms with Gasteiger partial charge in [0, 0.05) is 38.8 Å². The average Bonchev–Trinajstić information content (AvgIpc) is 3.49. The van der Waals surface area contributed by atoms with Crippen LogP contribution < -0.4 is 0 Å². The Morgan fingerprint density at radius 2 is 0.895 bits per heavy atom. The maximum absolute atomic E-state index is 12.2. The Morgan fingerprint density at radius 1 is 0.439 bits per heavy atom. The molecule has 0 atom stereocenters. The monoisotopic (exact) mass is 821 g/mol. The average molecular weight is 822 g/mol. The zero-order valence-corrected chi connectivity index (χ0v) is 38.6. The Balaban J connectivity index is 0.0000112. The minimum atomic E-state index is 0. The first-order chi connectivity index (χ1) is 27.7. The van der Waals surface area contributed by atoms with Gasteiger partial charge in [-0.3, -0.25) is 0 Å². The molecular formula is C54H86N2Ni. The molecule has 0 saturated heterocycles. The predicted octanol–water partition coefficient (Wildman–Crippen LogP) is 18.3. The smallest absolute Gasteiger partial charge is 0.211 e. The second-order valence-corrected chi connectivity index (χ2v) is 17.2. The number of benzene rings is 2. The van der Waals surface area contributed by atoms with Crippen molar-refractivity contribution in [1.29, 1.82) is 0 Å². The van der Waals surface area contributed by atoms with E-state index in [-0.39, 0.29) is 16.5 Å². The fourth-order valence-corrected chi connectivity index (χ4v) is 8.69. The summed E-state index contributed by atoms with van der Waals surface area (Å²) >= 11 is 0. The summed E-state index contributed by atoms with van der Waals surface area (Å²) in [5.41, 5.74) is 22.0. The van der Waals surface area contributed by atoms with E-state index in [0.717, 1.165) is 74.7 Å². The van der Waals surface area contributed by atoms with Crippen molar-refractivity contribution >= 4 is 11.4 Å². The van der Waals surface area contributed by atoms with Gasteiger partial charge in [0.1, 0.15) is 0 Å². The van der Waals surface area contributed by atoms with Crippen molar-refractivity contribution in [3.8, 4) is 0 Å². The largest absolute Gasteiger partial charge is 0.493 e. The SMILES string of the molecule is CCCCCCCCCCCCCCCCCCCCCCC=CCCc1ccccc1C1=C(CCCC)C(CCCC)=C(c2cccc(CCCC)c2)[N+]1=[N-].[Ni]. The molecule has 0 fully saturated rings. The molecule has 2 aromatic rings. The molecule has 0 N–H and O–H groups in total. The van der Waals surface area contributed by atoms with Crippen LogP contribution in [0.25, 0.3) is 16.9 Å². The summed E-state index contributed by atoms with van der Waals surface area (Å²) < 4.78 is 1.59. The minimum Gasteiger partial charge on any atom is -0.493 e. The fraction of sp³-hybridized carbons (Fsp3) is 0.667. The van der Waals surface area contributed by atoms with E-state index in [1.807, 2.05) is 0 Å². The summed E-state index contributed by atoms with van der Waals surface area (Å²) in [5, 5.41) is 0. The molecule has 0 radical (unpaired) electrons. The Morgan fingerprint density at radius 3 is 1.44 bits per heavy atom. The summed E-state index contributed by atoms with van der Waals surface area (Å²) in [6.45, 7) is 9.12. The van der Waals surface area contributed by atoms with Gasteiger partial charge in [0.05, 0.1) is 0 Å².